The third-order valence-corrected chi connectivity index (χ3v) is 2.98. The number of hydrogen-bond acceptors (Lipinski definition) is 6. The monoisotopic (exact) mass is 223 g/mol. The lowest BCUT2D eigenvalue weighted by atomic mass is 10.0. The molecule has 88 valence electrons. The van der Waals surface area contributed by atoms with Gasteiger partial charge in [-0.1, -0.05) is 0 Å². The van der Waals surface area contributed by atoms with Gasteiger partial charge in [0.15, 0.2) is 0 Å². The van der Waals surface area contributed by atoms with Crippen LogP contribution in [0, 0.1) is 5.92 Å². The minimum absolute atomic E-state index is 0.190. The van der Waals surface area contributed by atoms with Gasteiger partial charge in [0.05, 0.1) is 6.10 Å². The normalized spacial score (nSPS) is 22.4. The van der Waals surface area contributed by atoms with Crippen LogP contribution in [0.4, 0.5) is 17.6 Å². The average molecular weight is 223 g/mol. The van der Waals surface area contributed by atoms with E-state index in [1.807, 2.05) is 6.92 Å². The SMILES string of the molecule is CC(O)C1CCN(c2cc(N)nc(N)n2)C1. The second kappa shape index (κ2) is 4.13. The van der Waals surface area contributed by atoms with Crippen molar-refractivity contribution in [3.63, 3.8) is 0 Å². The van der Waals surface area contributed by atoms with Gasteiger partial charge in [0.2, 0.25) is 5.95 Å². The summed E-state index contributed by atoms with van der Waals surface area (Å²) in [7, 11) is 0. The number of hydrogen-bond donors (Lipinski definition) is 3. The van der Waals surface area contributed by atoms with Crippen molar-refractivity contribution in [3.05, 3.63) is 6.07 Å². The van der Waals surface area contributed by atoms with Gasteiger partial charge in [-0.25, -0.2) is 0 Å². The van der Waals surface area contributed by atoms with Gasteiger partial charge in [-0.05, 0) is 13.3 Å². The van der Waals surface area contributed by atoms with Crippen LogP contribution in [0.5, 0.6) is 0 Å². The van der Waals surface area contributed by atoms with Crippen molar-refractivity contribution < 1.29 is 5.11 Å². The van der Waals surface area contributed by atoms with Crippen molar-refractivity contribution in [1.29, 1.82) is 0 Å². The van der Waals surface area contributed by atoms with Gasteiger partial charge >= 0.3 is 0 Å². The number of nitrogens with two attached hydrogens (primary N) is 2. The standard InChI is InChI=1S/C10H17N5O/c1-6(16)7-2-3-15(5-7)9-4-8(11)13-10(12)14-9/h4,6-7,16H,2-3,5H2,1H3,(H4,11,12,13,14). The van der Waals surface area contributed by atoms with Gasteiger partial charge in [0.1, 0.15) is 11.6 Å². The van der Waals surface area contributed by atoms with Gasteiger partial charge in [0.25, 0.3) is 0 Å². The van der Waals surface area contributed by atoms with E-state index in [0.717, 1.165) is 25.3 Å². The first kappa shape index (κ1) is 10.9. The summed E-state index contributed by atoms with van der Waals surface area (Å²) in [4.78, 5) is 10.0. The van der Waals surface area contributed by atoms with Crippen LogP contribution in [0.25, 0.3) is 0 Å². The third-order valence-electron chi connectivity index (χ3n) is 2.98. The average Bonchev–Trinajstić information content (AvgIpc) is 2.64. The number of nitrogens with zero attached hydrogens (tertiary/aromatic N) is 3. The Balaban J connectivity index is 2.14. The van der Waals surface area contributed by atoms with Crippen LogP contribution >= 0.6 is 0 Å². The quantitative estimate of drug-likeness (QED) is 0.644. The molecule has 6 heteroatoms. The third kappa shape index (κ3) is 2.16. The molecule has 2 unspecified atom stereocenters. The molecular formula is C10H17N5O. The van der Waals surface area contributed by atoms with Gasteiger partial charge in [0, 0.05) is 25.1 Å². The van der Waals surface area contributed by atoms with Crippen LogP contribution in [0.2, 0.25) is 0 Å². The van der Waals surface area contributed by atoms with E-state index in [2.05, 4.69) is 14.9 Å². The molecule has 1 saturated heterocycles. The van der Waals surface area contributed by atoms with Crippen molar-refractivity contribution in [2.24, 2.45) is 5.92 Å². The Hall–Kier alpha value is -1.56. The molecule has 0 radical (unpaired) electrons. The van der Waals surface area contributed by atoms with E-state index < -0.39 is 0 Å². The molecule has 0 amide bonds. The molecule has 2 rings (SSSR count). The maximum Gasteiger partial charge on any atom is 0.223 e. The van der Waals surface area contributed by atoms with Crippen molar-refractivity contribution in [2.75, 3.05) is 29.5 Å². The lowest BCUT2D eigenvalue weighted by molar-refractivity contribution is 0.136. The number of aliphatic hydroxyl groups excluding tert-OH is 1. The van der Waals surface area contributed by atoms with Gasteiger partial charge in [-0.2, -0.15) is 9.97 Å². The molecule has 5 N–H and O–H groups in total. The number of aromatic nitrogens is 2. The van der Waals surface area contributed by atoms with E-state index in [9.17, 15) is 5.11 Å². The fourth-order valence-electron chi connectivity index (χ4n) is 2.02. The van der Waals surface area contributed by atoms with E-state index in [-0.39, 0.29) is 18.0 Å². The summed E-state index contributed by atoms with van der Waals surface area (Å²) in [5.74, 6) is 1.60. The molecule has 1 fully saturated rings. The first-order valence-corrected chi connectivity index (χ1v) is 5.39. The zero-order valence-corrected chi connectivity index (χ0v) is 9.30. The second-order valence-corrected chi connectivity index (χ2v) is 4.24. The molecule has 16 heavy (non-hydrogen) atoms. The maximum absolute atomic E-state index is 9.52. The van der Waals surface area contributed by atoms with Gasteiger partial charge in [-0.15, -0.1) is 0 Å². The summed E-state index contributed by atoms with van der Waals surface area (Å²) >= 11 is 0. The Morgan fingerprint density at radius 2 is 2.25 bits per heavy atom. The highest BCUT2D eigenvalue weighted by atomic mass is 16.3. The topological polar surface area (TPSA) is 101 Å². The van der Waals surface area contributed by atoms with E-state index in [1.54, 1.807) is 6.07 Å². The molecule has 1 aromatic heterocycles. The Morgan fingerprint density at radius 3 is 2.81 bits per heavy atom. The van der Waals surface area contributed by atoms with E-state index in [0.29, 0.717) is 5.82 Å². The Kier molecular flexibility index (Phi) is 2.82. The van der Waals surface area contributed by atoms with E-state index in [1.165, 1.54) is 0 Å². The van der Waals surface area contributed by atoms with Crippen LogP contribution in [-0.4, -0.2) is 34.3 Å². The molecule has 1 aliphatic rings. The molecular weight excluding hydrogens is 206 g/mol. The smallest absolute Gasteiger partial charge is 0.223 e. The van der Waals surface area contributed by atoms with Crippen LogP contribution in [-0.2, 0) is 0 Å². The summed E-state index contributed by atoms with van der Waals surface area (Å²) in [5, 5.41) is 9.52. The highest BCUT2D eigenvalue weighted by Gasteiger charge is 2.27. The lowest BCUT2D eigenvalue weighted by Crippen LogP contribution is -2.25. The van der Waals surface area contributed by atoms with Crippen molar-refractivity contribution >= 4 is 17.6 Å². The summed E-state index contributed by atoms with van der Waals surface area (Å²) < 4.78 is 0. The van der Waals surface area contributed by atoms with Crippen LogP contribution < -0.4 is 16.4 Å². The summed E-state index contributed by atoms with van der Waals surface area (Å²) in [6.07, 6.45) is 0.670. The molecule has 6 nitrogen and oxygen atoms in total. The lowest BCUT2D eigenvalue weighted by Gasteiger charge is -2.18. The largest absolute Gasteiger partial charge is 0.393 e. The molecule has 2 heterocycles. The highest BCUT2D eigenvalue weighted by molar-refractivity contribution is 5.50. The number of nitrogen functional groups attached to an aromatic ring is 2. The first-order valence-electron chi connectivity index (χ1n) is 5.39. The van der Waals surface area contributed by atoms with E-state index >= 15 is 0 Å². The Bertz CT molecular complexity index is 361. The van der Waals surface area contributed by atoms with Crippen molar-refractivity contribution in [1.82, 2.24) is 9.97 Å². The van der Waals surface area contributed by atoms with Crippen LogP contribution in [0.3, 0.4) is 0 Å². The number of rotatable bonds is 2. The molecule has 0 bridgehead atoms. The summed E-state index contributed by atoms with van der Waals surface area (Å²) in [6, 6.07) is 1.71. The van der Waals surface area contributed by atoms with Crippen LogP contribution in [0.1, 0.15) is 13.3 Å². The minimum atomic E-state index is -0.290. The maximum atomic E-state index is 9.52. The molecule has 2 atom stereocenters. The van der Waals surface area contributed by atoms with E-state index in [4.69, 9.17) is 11.5 Å². The van der Waals surface area contributed by atoms with Crippen LogP contribution in [0.15, 0.2) is 6.07 Å². The molecule has 0 spiro atoms. The molecule has 1 aliphatic heterocycles. The first-order chi connectivity index (χ1) is 7.56. The number of anilines is 3. The summed E-state index contributed by atoms with van der Waals surface area (Å²) in [6.45, 7) is 3.47. The molecule has 1 aromatic rings. The molecule has 0 aromatic carbocycles. The minimum Gasteiger partial charge on any atom is -0.393 e. The zero-order valence-electron chi connectivity index (χ0n) is 9.30. The summed E-state index contributed by atoms with van der Waals surface area (Å²) in [5.41, 5.74) is 11.2. The Morgan fingerprint density at radius 1 is 1.50 bits per heavy atom. The number of aliphatic hydroxyl groups is 1. The van der Waals surface area contributed by atoms with Crippen molar-refractivity contribution in [2.45, 2.75) is 19.4 Å². The fraction of sp³-hybridized carbons (Fsp3) is 0.600. The zero-order chi connectivity index (χ0) is 11.7. The fourth-order valence-corrected chi connectivity index (χ4v) is 2.02. The highest BCUT2D eigenvalue weighted by Crippen LogP contribution is 2.25. The molecule has 0 aliphatic carbocycles. The predicted molar refractivity (Wildman–Crippen MR) is 62.9 cm³/mol. The van der Waals surface area contributed by atoms with Gasteiger partial charge < -0.3 is 21.5 Å². The second-order valence-electron chi connectivity index (χ2n) is 4.24. The Labute approximate surface area is 94.3 Å². The molecule has 0 saturated carbocycles. The predicted octanol–water partition coefficient (Wildman–Crippen LogP) is -0.152. The van der Waals surface area contributed by atoms with Crippen molar-refractivity contribution in [3.8, 4) is 0 Å². The van der Waals surface area contributed by atoms with Gasteiger partial charge in [-0.3, -0.25) is 0 Å².